The summed E-state index contributed by atoms with van der Waals surface area (Å²) in [7, 11) is 1.88. The molecule has 2 fully saturated rings. The fourth-order valence-electron chi connectivity index (χ4n) is 4.64. The van der Waals surface area contributed by atoms with E-state index < -0.39 is 0 Å². The van der Waals surface area contributed by atoms with Gasteiger partial charge in [0.05, 0.1) is 6.10 Å². The second-order valence-electron chi connectivity index (χ2n) is 8.54. The summed E-state index contributed by atoms with van der Waals surface area (Å²) in [6.45, 7) is 8.08. The summed E-state index contributed by atoms with van der Waals surface area (Å²) in [6, 6.07) is 9.54. The average Bonchev–Trinajstić information content (AvgIpc) is 3.43. The molecular formula is C23H36IN5O. The Morgan fingerprint density at radius 1 is 1.03 bits per heavy atom. The lowest BCUT2D eigenvalue weighted by Crippen LogP contribution is -2.42. The molecule has 0 radical (unpaired) electrons. The molecule has 2 N–H and O–H groups in total. The zero-order chi connectivity index (χ0) is 20.1. The number of hydrogen-bond acceptors (Lipinski definition) is 4. The zero-order valence-corrected chi connectivity index (χ0v) is 20.4. The highest BCUT2D eigenvalue weighted by Crippen LogP contribution is 2.18. The van der Waals surface area contributed by atoms with Crippen LogP contribution in [0.15, 0.2) is 41.4 Å². The number of piperidine rings is 1. The largest absolute Gasteiger partial charge is 0.393 e. The summed E-state index contributed by atoms with van der Waals surface area (Å²) in [5.41, 5.74) is 2.62. The van der Waals surface area contributed by atoms with E-state index in [-0.39, 0.29) is 30.1 Å². The molecule has 2 saturated heterocycles. The highest BCUT2D eigenvalue weighted by Gasteiger charge is 2.29. The number of aliphatic hydroxyl groups excluding tert-OH is 1. The molecule has 3 heterocycles. The Hall–Kier alpha value is -1.16. The van der Waals surface area contributed by atoms with Gasteiger partial charge in [-0.05, 0) is 30.4 Å². The van der Waals surface area contributed by atoms with Gasteiger partial charge in [0, 0.05) is 65.4 Å². The number of benzene rings is 1. The van der Waals surface area contributed by atoms with Gasteiger partial charge in [-0.3, -0.25) is 14.8 Å². The molecule has 6 nitrogen and oxygen atoms in total. The minimum atomic E-state index is -0.105. The van der Waals surface area contributed by atoms with Gasteiger partial charge in [0.25, 0.3) is 0 Å². The minimum Gasteiger partial charge on any atom is -0.393 e. The van der Waals surface area contributed by atoms with Crippen LogP contribution in [0.2, 0.25) is 0 Å². The van der Waals surface area contributed by atoms with Crippen LogP contribution in [0.3, 0.4) is 0 Å². The van der Waals surface area contributed by atoms with E-state index in [9.17, 15) is 5.11 Å². The number of nitrogens with one attached hydrogen (secondary N) is 1. The number of aliphatic hydroxyl groups is 1. The lowest BCUT2D eigenvalue weighted by Gasteiger charge is -2.29. The zero-order valence-electron chi connectivity index (χ0n) is 18.0. The van der Waals surface area contributed by atoms with Crippen molar-refractivity contribution < 1.29 is 5.11 Å². The van der Waals surface area contributed by atoms with Crippen molar-refractivity contribution in [3.05, 3.63) is 47.5 Å². The molecule has 1 aromatic rings. The summed E-state index contributed by atoms with van der Waals surface area (Å²) >= 11 is 0. The van der Waals surface area contributed by atoms with E-state index in [0.29, 0.717) is 6.04 Å². The Morgan fingerprint density at radius 2 is 1.70 bits per heavy atom. The van der Waals surface area contributed by atoms with E-state index in [1.165, 1.54) is 17.5 Å². The van der Waals surface area contributed by atoms with Crippen molar-refractivity contribution in [1.29, 1.82) is 0 Å². The summed E-state index contributed by atoms with van der Waals surface area (Å²) in [5, 5.41) is 13.2. The average molecular weight is 525 g/mol. The molecule has 30 heavy (non-hydrogen) atoms. The highest BCUT2D eigenvalue weighted by molar-refractivity contribution is 14.0. The predicted octanol–water partition coefficient (Wildman–Crippen LogP) is 2.28. The van der Waals surface area contributed by atoms with E-state index in [2.05, 4.69) is 61.4 Å². The molecule has 3 aliphatic rings. The Kier molecular flexibility index (Phi) is 8.98. The van der Waals surface area contributed by atoms with Crippen molar-refractivity contribution in [2.24, 2.45) is 4.99 Å². The molecule has 7 heteroatoms. The van der Waals surface area contributed by atoms with Crippen LogP contribution in [0.5, 0.6) is 0 Å². The molecule has 0 saturated carbocycles. The van der Waals surface area contributed by atoms with Crippen LogP contribution in [0, 0.1) is 0 Å². The maximum atomic E-state index is 9.65. The fourth-order valence-corrected chi connectivity index (χ4v) is 4.64. The van der Waals surface area contributed by atoms with Gasteiger partial charge in [-0.15, -0.1) is 24.0 Å². The smallest absolute Gasteiger partial charge is 0.193 e. The van der Waals surface area contributed by atoms with Crippen LogP contribution in [0.4, 0.5) is 0 Å². The normalized spacial score (nSPS) is 23.7. The molecule has 0 amide bonds. The van der Waals surface area contributed by atoms with E-state index in [1.807, 2.05) is 7.05 Å². The summed E-state index contributed by atoms with van der Waals surface area (Å²) in [6.07, 6.45) is 7.44. The molecule has 1 unspecified atom stereocenters. The van der Waals surface area contributed by atoms with E-state index in [4.69, 9.17) is 0 Å². The monoisotopic (exact) mass is 525 g/mol. The molecule has 1 aromatic carbocycles. The van der Waals surface area contributed by atoms with Gasteiger partial charge in [-0.1, -0.05) is 36.4 Å². The van der Waals surface area contributed by atoms with Gasteiger partial charge >= 0.3 is 0 Å². The van der Waals surface area contributed by atoms with Crippen LogP contribution in [0.25, 0.3) is 0 Å². The number of hydrogen-bond donors (Lipinski definition) is 2. The first kappa shape index (κ1) is 23.5. The van der Waals surface area contributed by atoms with Crippen LogP contribution in [-0.4, -0.2) is 84.2 Å². The third-order valence-corrected chi connectivity index (χ3v) is 6.47. The molecule has 0 aromatic heterocycles. The van der Waals surface area contributed by atoms with Crippen molar-refractivity contribution >= 4 is 29.9 Å². The standard InChI is InChI=1S/C23H35N5O.HI/c1-24-23(28-15-8-21(18-28)27-11-2-3-12-27)25-16-19-4-6-20(7-5-19)17-26-13-9-22(29)10-14-26;/h2-7,21-22,29H,8-18H2,1H3,(H,24,25);1H. The first-order chi connectivity index (χ1) is 14.2. The molecule has 1 atom stereocenters. The number of aliphatic imine (C=N–C) groups is 1. The van der Waals surface area contributed by atoms with Gasteiger partial charge in [0.15, 0.2) is 5.96 Å². The summed E-state index contributed by atoms with van der Waals surface area (Å²) < 4.78 is 0. The Morgan fingerprint density at radius 3 is 2.37 bits per heavy atom. The number of nitrogens with zero attached hydrogens (tertiary/aromatic N) is 4. The topological polar surface area (TPSA) is 54.3 Å². The van der Waals surface area contributed by atoms with Crippen LogP contribution in [-0.2, 0) is 13.1 Å². The predicted molar refractivity (Wildman–Crippen MR) is 133 cm³/mol. The first-order valence-electron chi connectivity index (χ1n) is 11.0. The van der Waals surface area contributed by atoms with Crippen LogP contribution >= 0.6 is 24.0 Å². The molecule has 0 bridgehead atoms. The van der Waals surface area contributed by atoms with Gasteiger partial charge in [0.1, 0.15) is 0 Å². The van der Waals surface area contributed by atoms with E-state index in [0.717, 1.165) is 71.2 Å². The SMILES string of the molecule is CN=C(NCc1ccc(CN2CCC(O)CC2)cc1)N1CCC(N2CC=CC2)C1.I. The molecule has 0 aliphatic carbocycles. The first-order valence-corrected chi connectivity index (χ1v) is 11.0. The van der Waals surface area contributed by atoms with Crippen molar-refractivity contribution in [1.82, 2.24) is 20.0 Å². The molecular weight excluding hydrogens is 489 g/mol. The van der Waals surface area contributed by atoms with Gasteiger partial charge in [0.2, 0.25) is 0 Å². The Bertz CT molecular complexity index is 707. The second kappa shape index (κ2) is 11.5. The van der Waals surface area contributed by atoms with Crippen molar-refractivity contribution in [2.45, 2.75) is 44.5 Å². The van der Waals surface area contributed by atoms with Gasteiger partial charge in [-0.25, -0.2) is 0 Å². The third kappa shape index (κ3) is 6.18. The van der Waals surface area contributed by atoms with Gasteiger partial charge < -0.3 is 15.3 Å². The van der Waals surface area contributed by atoms with Crippen LogP contribution in [0.1, 0.15) is 30.4 Å². The van der Waals surface area contributed by atoms with E-state index >= 15 is 0 Å². The van der Waals surface area contributed by atoms with E-state index in [1.54, 1.807) is 0 Å². The Balaban J connectivity index is 0.00000256. The summed E-state index contributed by atoms with van der Waals surface area (Å²) in [4.78, 5) is 11.9. The Labute approximate surface area is 198 Å². The number of halogens is 1. The minimum absolute atomic E-state index is 0. The third-order valence-electron chi connectivity index (χ3n) is 6.47. The molecule has 166 valence electrons. The molecule has 3 aliphatic heterocycles. The number of likely N-dealkylation sites (tertiary alicyclic amines) is 2. The second-order valence-corrected chi connectivity index (χ2v) is 8.54. The highest BCUT2D eigenvalue weighted by atomic mass is 127. The van der Waals surface area contributed by atoms with Crippen molar-refractivity contribution in [3.8, 4) is 0 Å². The van der Waals surface area contributed by atoms with Gasteiger partial charge in [-0.2, -0.15) is 0 Å². The molecule has 4 rings (SSSR count). The maximum Gasteiger partial charge on any atom is 0.193 e. The quantitative estimate of drug-likeness (QED) is 0.268. The number of guanidine groups is 1. The fraction of sp³-hybridized carbons (Fsp3) is 0.609. The molecule has 0 spiro atoms. The summed E-state index contributed by atoms with van der Waals surface area (Å²) in [5.74, 6) is 1.01. The van der Waals surface area contributed by atoms with Crippen LogP contribution < -0.4 is 5.32 Å². The van der Waals surface area contributed by atoms with Crippen molar-refractivity contribution in [3.63, 3.8) is 0 Å². The maximum absolute atomic E-state index is 9.65. The lowest BCUT2D eigenvalue weighted by atomic mass is 10.1. The van der Waals surface area contributed by atoms with Crippen molar-refractivity contribution in [2.75, 3.05) is 46.3 Å². The number of rotatable bonds is 5. The lowest BCUT2D eigenvalue weighted by molar-refractivity contribution is 0.0792.